The second-order valence-corrected chi connectivity index (χ2v) is 6.70. The van der Waals surface area contributed by atoms with E-state index in [-0.39, 0.29) is 42.9 Å². The van der Waals surface area contributed by atoms with Gasteiger partial charge in [0.15, 0.2) is 5.96 Å². The first-order valence-electron chi connectivity index (χ1n) is 7.67. The van der Waals surface area contributed by atoms with Crippen LogP contribution in [0.2, 0.25) is 0 Å². The zero-order valence-electron chi connectivity index (χ0n) is 13.4. The van der Waals surface area contributed by atoms with E-state index in [0.29, 0.717) is 25.3 Å². The highest BCUT2D eigenvalue weighted by Gasteiger charge is 2.41. The molecule has 0 saturated heterocycles. The summed E-state index contributed by atoms with van der Waals surface area (Å²) >= 11 is 3.39. The molecule has 0 heterocycles. The van der Waals surface area contributed by atoms with Gasteiger partial charge in [0.2, 0.25) is 0 Å². The molecule has 136 valence electrons. The van der Waals surface area contributed by atoms with E-state index in [2.05, 4.69) is 31.6 Å². The van der Waals surface area contributed by atoms with E-state index in [1.807, 2.05) is 24.3 Å². The lowest BCUT2D eigenvalue weighted by molar-refractivity contribution is -0.182. The summed E-state index contributed by atoms with van der Waals surface area (Å²) in [7, 11) is 1.66. The predicted molar refractivity (Wildman–Crippen MR) is 105 cm³/mol. The van der Waals surface area contributed by atoms with Crippen LogP contribution in [0.1, 0.15) is 31.2 Å². The fourth-order valence-electron chi connectivity index (χ4n) is 2.74. The van der Waals surface area contributed by atoms with Crippen molar-refractivity contribution in [1.82, 2.24) is 10.6 Å². The van der Waals surface area contributed by atoms with E-state index < -0.39 is 12.1 Å². The average molecular weight is 520 g/mol. The normalized spacial score (nSPS) is 21.8. The summed E-state index contributed by atoms with van der Waals surface area (Å²) in [6.45, 7) is 0.616. The number of hydrogen-bond acceptors (Lipinski definition) is 1. The van der Waals surface area contributed by atoms with E-state index in [0.717, 1.165) is 10.0 Å². The van der Waals surface area contributed by atoms with Crippen LogP contribution in [-0.4, -0.2) is 25.2 Å². The summed E-state index contributed by atoms with van der Waals surface area (Å²) in [5.74, 6) is -0.526. The van der Waals surface area contributed by atoms with Gasteiger partial charge < -0.3 is 10.6 Å². The van der Waals surface area contributed by atoms with E-state index in [1.54, 1.807) is 7.05 Å². The largest absolute Gasteiger partial charge is 0.391 e. The smallest absolute Gasteiger partial charge is 0.354 e. The van der Waals surface area contributed by atoms with Gasteiger partial charge in [-0.3, -0.25) is 4.99 Å². The number of rotatable bonds is 3. The van der Waals surface area contributed by atoms with Crippen molar-refractivity contribution in [1.29, 1.82) is 0 Å². The van der Waals surface area contributed by atoms with Crippen LogP contribution in [0.4, 0.5) is 13.2 Å². The van der Waals surface area contributed by atoms with E-state index in [4.69, 9.17) is 0 Å². The Morgan fingerprint density at radius 3 is 2.25 bits per heavy atom. The summed E-state index contributed by atoms with van der Waals surface area (Å²) < 4.78 is 39.0. The predicted octanol–water partition coefficient (Wildman–Crippen LogP) is 4.85. The molecule has 0 unspecified atom stereocenters. The Labute approximate surface area is 166 Å². The SMILES string of the molecule is CN=C(NCc1ccc(Br)cc1)NC1CCC(C(F)(F)F)CC1.I. The lowest BCUT2D eigenvalue weighted by Crippen LogP contribution is -2.45. The number of benzene rings is 1. The van der Waals surface area contributed by atoms with Crippen molar-refractivity contribution in [3.8, 4) is 0 Å². The molecule has 2 rings (SSSR count). The molecule has 1 aromatic carbocycles. The first-order valence-corrected chi connectivity index (χ1v) is 8.46. The van der Waals surface area contributed by atoms with Crippen LogP contribution in [0.25, 0.3) is 0 Å². The molecule has 1 aliphatic carbocycles. The lowest BCUT2D eigenvalue weighted by Gasteiger charge is -2.31. The Morgan fingerprint density at radius 1 is 1.17 bits per heavy atom. The maximum atomic E-state index is 12.7. The van der Waals surface area contributed by atoms with Gasteiger partial charge in [-0.15, -0.1) is 24.0 Å². The number of aliphatic imine (C=N–C) groups is 1. The molecule has 1 aliphatic rings. The number of hydrogen-bond donors (Lipinski definition) is 2. The average Bonchev–Trinajstić information content (AvgIpc) is 2.52. The summed E-state index contributed by atoms with van der Waals surface area (Å²) in [5.41, 5.74) is 1.11. The monoisotopic (exact) mass is 519 g/mol. The molecule has 0 spiro atoms. The number of nitrogens with one attached hydrogen (secondary N) is 2. The van der Waals surface area contributed by atoms with Gasteiger partial charge in [0, 0.05) is 24.1 Å². The van der Waals surface area contributed by atoms with Gasteiger partial charge in [-0.2, -0.15) is 13.2 Å². The van der Waals surface area contributed by atoms with Gasteiger partial charge in [-0.25, -0.2) is 0 Å². The second kappa shape index (κ2) is 9.84. The molecule has 1 aromatic rings. The van der Waals surface area contributed by atoms with Crippen molar-refractivity contribution in [2.75, 3.05) is 7.05 Å². The molecular formula is C16H22BrF3IN3. The second-order valence-electron chi connectivity index (χ2n) is 5.79. The van der Waals surface area contributed by atoms with Crippen LogP contribution in [0.3, 0.4) is 0 Å². The Hall–Kier alpha value is -0.510. The molecule has 0 atom stereocenters. The summed E-state index contributed by atoms with van der Waals surface area (Å²) in [6.07, 6.45) is -2.66. The fourth-order valence-corrected chi connectivity index (χ4v) is 3.01. The Kier molecular flexibility index (Phi) is 8.83. The highest BCUT2D eigenvalue weighted by molar-refractivity contribution is 14.0. The molecule has 1 saturated carbocycles. The molecule has 1 fully saturated rings. The topological polar surface area (TPSA) is 36.4 Å². The highest BCUT2D eigenvalue weighted by Crippen LogP contribution is 2.37. The van der Waals surface area contributed by atoms with Crippen molar-refractivity contribution in [3.63, 3.8) is 0 Å². The van der Waals surface area contributed by atoms with Crippen molar-refractivity contribution >= 4 is 45.9 Å². The summed E-state index contributed by atoms with van der Waals surface area (Å²) in [4.78, 5) is 4.15. The summed E-state index contributed by atoms with van der Waals surface area (Å²) in [5, 5.41) is 6.42. The van der Waals surface area contributed by atoms with Crippen LogP contribution in [0.15, 0.2) is 33.7 Å². The third-order valence-corrected chi connectivity index (χ3v) is 4.66. The highest BCUT2D eigenvalue weighted by atomic mass is 127. The van der Waals surface area contributed by atoms with Gasteiger partial charge in [-0.1, -0.05) is 28.1 Å². The molecule has 0 aliphatic heterocycles. The first-order chi connectivity index (χ1) is 10.9. The molecule has 0 bridgehead atoms. The van der Waals surface area contributed by atoms with E-state index >= 15 is 0 Å². The van der Waals surface area contributed by atoms with Gasteiger partial charge in [-0.05, 0) is 43.4 Å². The molecule has 2 N–H and O–H groups in total. The molecule has 3 nitrogen and oxygen atoms in total. The maximum Gasteiger partial charge on any atom is 0.391 e. The van der Waals surface area contributed by atoms with Crippen LogP contribution in [0.5, 0.6) is 0 Å². The molecule has 8 heteroatoms. The van der Waals surface area contributed by atoms with E-state index in [9.17, 15) is 13.2 Å². The van der Waals surface area contributed by atoms with E-state index in [1.165, 1.54) is 0 Å². The Morgan fingerprint density at radius 2 is 1.75 bits per heavy atom. The number of alkyl halides is 3. The third kappa shape index (κ3) is 6.78. The molecule has 0 aromatic heterocycles. The number of halogens is 5. The molecule has 24 heavy (non-hydrogen) atoms. The fraction of sp³-hybridized carbons (Fsp3) is 0.562. The van der Waals surface area contributed by atoms with Crippen LogP contribution < -0.4 is 10.6 Å². The Balaban J connectivity index is 0.00000288. The minimum Gasteiger partial charge on any atom is -0.354 e. The zero-order chi connectivity index (χ0) is 16.9. The molecule has 0 radical (unpaired) electrons. The van der Waals surface area contributed by atoms with Gasteiger partial charge in [0.1, 0.15) is 0 Å². The minimum atomic E-state index is -4.06. The third-order valence-electron chi connectivity index (χ3n) is 4.13. The van der Waals surface area contributed by atoms with Crippen LogP contribution >= 0.6 is 39.9 Å². The standard InChI is InChI=1S/C16H21BrF3N3.HI/c1-21-15(22-10-11-2-6-13(17)7-3-11)23-14-8-4-12(5-9-14)16(18,19)20;/h2-3,6-7,12,14H,4-5,8-10H2,1H3,(H2,21,22,23);1H. The number of nitrogens with zero attached hydrogens (tertiary/aromatic N) is 1. The summed E-state index contributed by atoms with van der Waals surface area (Å²) in [6, 6.07) is 7.97. The minimum absolute atomic E-state index is 0. The van der Waals surface area contributed by atoms with Crippen molar-refractivity contribution in [2.24, 2.45) is 10.9 Å². The quantitative estimate of drug-likeness (QED) is 0.340. The molecule has 0 amide bonds. The maximum absolute atomic E-state index is 12.7. The van der Waals surface area contributed by atoms with Crippen molar-refractivity contribution in [3.05, 3.63) is 34.3 Å². The van der Waals surface area contributed by atoms with Crippen molar-refractivity contribution < 1.29 is 13.2 Å². The van der Waals surface area contributed by atoms with Crippen LogP contribution in [0, 0.1) is 5.92 Å². The number of guanidine groups is 1. The van der Waals surface area contributed by atoms with Gasteiger partial charge in [0.05, 0.1) is 5.92 Å². The Bertz CT molecular complexity index is 526. The first kappa shape index (κ1) is 21.5. The van der Waals surface area contributed by atoms with Gasteiger partial charge >= 0.3 is 6.18 Å². The zero-order valence-corrected chi connectivity index (χ0v) is 17.3. The van der Waals surface area contributed by atoms with Gasteiger partial charge in [0.25, 0.3) is 0 Å². The lowest BCUT2D eigenvalue weighted by atomic mass is 9.85. The van der Waals surface area contributed by atoms with Crippen LogP contribution in [-0.2, 0) is 6.54 Å². The van der Waals surface area contributed by atoms with Crippen molar-refractivity contribution in [2.45, 2.75) is 44.4 Å². The molecular weight excluding hydrogens is 498 g/mol.